The van der Waals surface area contributed by atoms with Crippen molar-refractivity contribution in [3.05, 3.63) is 35.9 Å². The topological polar surface area (TPSA) is 67.4 Å². The molecule has 0 radical (unpaired) electrons. The van der Waals surface area contributed by atoms with Crippen molar-refractivity contribution in [3.63, 3.8) is 0 Å². The zero-order valence-electron chi connectivity index (χ0n) is 13.0. The zero-order valence-corrected chi connectivity index (χ0v) is 13.0. The third-order valence-electron chi connectivity index (χ3n) is 3.80. The van der Waals surface area contributed by atoms with E-state index in [4.69, 9.17) is 4.74 Å². The predicted molar refractivity (Wildman–Crippen MR) is 84.6 cm³/mol. The molecule has 1 aliphatic heterocycles. The van der Waals surface area contributed by atoms with E-state index in [1.54, 1.807) is 24.3 Å². The van der Waals surface area contributed by atoms with Gasteiger partial charge >= 0.3 is 0 Å². The van der Waals surface area contributed by atoms with Crippen LogP contribution >= 0.6 is 0 Å². The van der Waals surface area contributed by atoms with Crippen LogP contribution in [0, 0.1) is 0 Å². The van der Waals surface area contributed by atoms with Crippen molar-refractivity contribution >= 4 is 11.8 Å². The second-order valence-electron chi connectivity index (χ2n) is 5.73. The van der Waals surface area contributed by atoms with Crippen molar-refractivity contribution in [3.8, 4) is 0 Å². The van der Waals surface area contributed by atoms with Crippen molar-refractivity contribution in [2.45, 2.75) is 44.8 Å². The molecule has 1 fully saturated rings. The van der Waals surface area contributed by atoms with Gasteiger partial charge in [0.2, 0.25) is 5.91 Å². The average Bonchev–Trinajstić information content (AvgIpc) is 3.05. The highest BCUT2D eigenvalue weighted by atomic mass is 16.5. The standard InChI is InChI=1S/C17H24N2O3/c1-13(9-10-15-8-5-11-22-15)19-16(20)12-18-17(21)14-6-3-2-4-7-14/h2-4,6-7,13,15H,5,8-12H2,1H3,(H,18,21)(H,19,20)/t13-,15+/m0/s1. The molecule has 0 unspecified atom stereocenters. The summed E-state index contributed by atoms with van der Waals surface area (Å²) in [4.78, 5) is 23.7. The van der Waals surface area contributed by atoms with E-state index < -0.39 is 0 Å². The lowest BCUT2D eigenvalue weighted by Crippen LogP contribution is -2.41. The number of rotatable bonds is 7. The van der Waals surface area contributed by atoms with E-state index in [0.717, 1.165) is 32.3 Å². The van der Waals surface area contributed by atoms with Crippen LogP contribution in [0.25, 0.3) is 0 Å². The molecule has 1 aliphatic rings. The Morgan fingerprint density at radius 2 is 2.09 bits per heavy atom. The molecule has 1 aromatic carbocycles. The summed E-state index contributed by atoms with van der Waals surface area (Å²) in [7, 11) is 0. The molecule has 5 nitrogen and oxygen atoms in total. The highest BCUT2D eigenvalue weighted by molar-refractivity contribution is 5.96. The molecule has 1 heterocycles. The van der Waals surface area contributed by atoms with Crippen LogP contribution in [0.3, 0.4) is 0 Å². The largest absolute Gasteiger partial charge is 0.378 e. The fraction of sp³-hybridized carbons (Fsp3) is 0.529. The number of benzene rings is 1. The number of carbonyl (C=O) groups excluding carboxylic acids is 2. The van der Waals surface area contributed by atoms with Gasteiger partial charge in [0.25, 0.3) is 5.91 Å². The maximum Gasteiger partial charge on any atom is 0.251 e. The van der Waals surface area contributed by atoms with Crippen molar-refractivity contribution in [2.24, 2.45) is 0 Å². The number of amides is 2. The summed E-state index contributed by atoms with van der Waals surface area (Å²) < 4.78 is 5.57. The van der Waals surface area contributed by atoms with Gasteiger partial charge in [0.05, 0.1) is 12.6 Å². The highest BCUT2D eigenvalue weighted by Gasteiger charge is 2.17. The van der Waals surface area contributed by atoms with E-state index in [-0.39, 0.29) is 24.4 Å². The Kier molecular flexibility index (Phi) is 6.40. The molecule has 1 saturated heterocycles. The van der Waals surface area contributed by atoms with Gasteiger partial charge in [-0.1, -0.05) is 18.2 Å². The molecule has 2 rings (SSSR count). The molecular formula is C17H24N2O3. The van der Waals surface area contributed by atoms with Crippen molar-refractivity contribution < 1.29 is 14.3 Å². The van der Waals surface area contributed by atoms with E-state index in [2.05, 4.69) is 10.6 Å². The first-order valence-corrected chi connectivity index (χ1v) is 7.89. The minimum absolute atomic E-state index is 0.00199. The smallest absolute Gasteiger partial charge is 0.251 e. The van der Waals surface area contributed by atoms with Crippen molar-refractivity contribution in [1.29, 1.82) is 0 Å². The second kappa shape index (κ2) is 8.54. The van der Waals surface area contributed by atoms with Crippen LogP contribution in [0.15, 0.2) is 30.3 Å². The van der Waals surface area contributed by atoms with Crippen LogP contribution in [0.1, 0.15) is 43.0 Å². The summed E-state index contributed by atoms with van der Waals surface area (Å²) in [5.74, 6) is -0.396. The van der Waals surface area contributed by atoms with Gasteiger partial charge in [0.1, 0.15) is 0 Å². The predicted octanol–water partition coefficient (Wildman–Crippen LogP) is 1.88. The Balaban J connectivity index is 1.63. The number of nitrogens with one attached hydrogen (secondary N) is 2. The molecule has 0 bridgehead atoms. The number of carbonyl (C=O) groups is 2. The fourth-order valence-corrected chi connectivity index (χ4v) is 2.56. The number of hydrogen-bond acceptors (Lipinski definition) is 3. The molecule has 0 aromatic heterocycles. The van der Waals surface area contributed by atoms with E-state index >= 15 is 0 Å². The van der Waals surface area contributed by atoms with Crippen molar-refractivity contribution in [1.82, 2.24) is 10.6 Å². The minimum atomic E-state index is -0.234. The van der Waals surface area contributed by atoms with Gasteiger partial charge in [-0.25, -0.2) is 0 Å². The molecule has 2 N–H and O–H groups in total. The quantitative estimate of drug-likeness (QED) is 0.808. The Labute approximate surface area is 131 Å². The van der Waals surface area contributed by atoms with Gasteiger partial charge in [0, 0.05) is 18.2 Å². The number of hydrogen-bond donors (Lipinski definition) is 2. The maximum absolute atomic E-state index is 11.8. The summed E-state index contributed by atoms with van der Waals surface area (Å²) in [5, 5.41) is 5.53. The molecule has 2 amide bonds. The van der Waals surface area contributed by atoms with Crippen LogP contribution in [-0.2, 0) is 9.53 Å². The summed E-state index contributed by atoms with van der Waals surface area (Å²) in [5.41, 5.74) is 0.557. The van der Waals surface area contributed by atoms with Crippen LogP contribution < -0.4 is 10.6 Å². The van der Waals surface area contributed by atoms with Gasteiger partial charge in [-0.3, -0.25) is 9.59 Å². The molecule has 120 valence electrons. The third kappa shape index (κ3) is 5.48. The van der Waals surface area contributed by atoms with Gasteiger partial charge in [-0.2, -0.15) is 0 Å². The first-order chi connectivity index (χ1) is 10.6. The first-order valence-electron chi connectivity index (χ1n) is 7.89. The normalized spacial score (nSPS) is 18.7. The van der Waals surface area contributed by atoms with Crippen LogP contribution in [-0.4, -0.2) is 37.1 Å². The van der Waals surface area contributed by atoms with Crippen molar-refractivity contribution in [2.75, 3.05) is 13.2 Å². The lowest BCUT2D eigenvalue weighted by Gasteiger charge is -2.16. The Bertz CT molecular complexity index is 484. The first kappa shape index (κ1) is 16.5. The van der Waals surface area contributed by atoms with Gasteiger partial charge in [-0.15, -0.1) is 0 Å². The van der Waals surface area contributed by atoms with Crippen LogP contribution in [0.4, 0.5) is 0 Å². The average molecular weight is 304 g/mol. The third-order valence-corrected chi connectivity index (χ3v) is 3.80. The molecular weight excluding hydrogens is 280 g/mol. The zero-order chi connectivity index (χ0) is 15.8. The fourth-order valence-electron chi connectivity index (χ4n) is 2.56. The summed E-state index contributed by atoms with van der Waals surface area (Å²) in [6, 6.07) is 8.96. The van der Waals surface area contributed by atoms with E-state index in [0.29, 0.717) is 11.7 Å². The van der Waals surface area contributed by atoms with Gasteiger partial charge in [0.15, 0.2) is 0 Å². The van der Waals surface area contributed by atoms with E-state index in [1.807, 2.05) is 13.0 Å². The van der Waals surface area contributed by atoms with Gasteiger partial charge in [-0.05, 0) is 44.7 Å². The molecule has 5 heteroatoms. The highest BCUT2D eigenvalue weighted by Crippen LogP contribution is 2.17. The molecule has 0 saturated carbocycles. The summed E-state index contributed by atoms with van der Waals surface area (Å²) >= 11 is 0. The lowest BCUT2D eigenvalue weighted by molar-refractivity contribution is -0.120. The Morgan fingerprint density at radius 3 is 2.77 bits per heavy atom. The molecule has 22 heavy (non-hydrogen) atoms. The van der Waals surface area contributed by atoms with E-state index in [1.165, 1.54) is 0 Å². The molecule has 0 spiro atoms. The lowest BCUT2D eigenvalue weighted by atomic mass is 10.1. The maximum atomic E-state index is 11.8. The monoisotopic (exact) mass is 304 g/mol. The van der Waals surface area contributed by atoms with Crippen LogP contribution in [0.2, 0.25) is 0 Å². The minimum Gasteiger partial charge on any atom is -0.378 e. The van der Waals surface area contributed by atoms with E-state index in [9.17, 15) is 9.59 Å². The van der Waals surface area contributed by atoms with Crippen LogP contribution in [0.5, 0.6) is 0 Å². The SMILES string of the molecule is C[C@@H](CC[C@H]1CCCO1)NC(=O)CNC(=O)c1ccccc1. The Morgan fingerprint density at radius 1 is 1.32 bits per heavy atom. The summed E-state index contributed by atoms with van der Waals surface area (Å²) in [6.07, 6.45) is 4.46. The second-order valence-corrected chi connectivity index (χ2v) is 5.73. The molecule has 0 aliphatic carbocycles. The van der Waals surface area contributed by atoms with Gasteiger partial charge < -0.3 is 15.4 Å². The Hall–Kier alpha value is -1.88. The number of ether oxygens (including phenoxy) is 1. The molecule has 2 atom stereocenters. The molecule has 1 aromatic rings. The summed E-state index contributed by atoms with van der Waals surface area (Å²) in [6.45, 7) is 2.83.